The van der Waals surface area contributed by atoms with E-state index < -0.39 is 39.5 Å². The Morgan fingerprint density at radius 3 is 1.03 bits per heavy atom. The predicted molar refractivity (Wildman–Crippen MR) is 113 cm³/mol. The molecule has 0 radical (unpaired) electrons. The Bertz CT molecular complexity index is 445. The maximum absolute atomic E-state index is 9.90. The van der Waals surface area contributed by atoms with E-state index in [1.807, 2.05) is 24.3 Å². The number of benzene rings is 1. The van der Waals surface area contributed by atoms with Gasteiger partial charge in [-0.1, -0.05) is 24.3 Å². The van der Waals surface area contributed by atoms with Crippen molar-refractivity contribution in [3.8, 4) is 0 Å². The second-order valence-electron chi connectivity index (χ2n) is 9.35. The number of hydrogen-bond donors (Lipinski definition) is 4. The fourth-order valence-corrected chi connectivity index (χ4v) is 0.908. The summed E-state index contributed by atoms with van der Waals surface area (Å²) in [4.78, 5) is 0. The van der Waals surface area contributed by atoms with Crippen LogP contribution in [0.4, 0.5) is 10.5 Å². The standard InChI is InChI=1S/C9H12O2.3C4H10O.4FH.Zr/c1-11-7-9-4-2-8(6-10)3-5-9;3*1-4(2,3)5;;;;;/h2-5,10H,6-7H2,1H3;3*5H,1-3H3;4*1H;/q;;;;;;;;+4/p-4. The van der Waals surface area contributed by atoms with Crippen molar-refractivity contribution in [1.29, 1.82) is 0 Å². The van der Waals surface area contributed by atoms with E-state index in [0.717, 1.165) is 11.1 Å². The van der Waals surface area contributed by atoms with Crippen LogP contribution in [0.25, 0.3) is 0 Å². The number of rotatable bonds is 3. The third-order valence-corrected chi connectivity index (χ3v) is 1.52. The van der Waals surface area contributed by atoms with Crippen molar-refractivity contribution in [2.45, 2.75) is 92.3 Å². The second kappa shape index (κ2) is 18.1. The zero-order chi connectivity index (χ0) is 26.1. The number of ether oxygens (including phenoxy) is 1. The summed E-state index contributed by atoms with van der Waals surface area (Å²) >= 11 is -7.18. The molecule has 10 heteroatoms. The van der Waals surface area contributed by atoms with E-state index in [1.54, 1.807) is 69.4 Å². The predicted octanol–water partition coefficient (Wildman–Crippen LogP) is 5.34. The van der Waals surface area contributed by atoms with Crippen molar-refractivity contribution in [1.82, 2.24) is 0 Å². The molecular weight excluding hydrogens is 499 g/mol. The fourth-order valence-electron chi connectivity index (χ4n) is 0.908. The van der Waals surface area contributed by atoms with Crippen LogP contribution in [0.15, 0.2) is 24.3 Å². The molecule has 1 aromatic rings. The van der Waals surface area contributed by atoms with E-state index in [-0.39, 0.29) is 6.61 Å². The molecular formula is C21H42F4O5Zr. The number of hydrogen-bond acceptors (Lipinski definition) is 5. The molecule has 1 aromatic carbocycles. The Morgan fingerprint density at radius 1 is 0.677 bits per heavy atom. The molecule has 4 N–H and O–H groups in total. The molecule has 31 heavy (non-hydrogen) atoms. The van der Waals surface area contributed by atoms with Crippen molar-refractivity contribution >= 4 is 0 Å². The number of aliphatic hydroxyl groups excluding tert-OH is 1. The third-order valence-electron chi connectivity index (χ3n) is 1.52. The van der Waals surface area contributed by atoms with Crippen molar-refractivity contribution in [2.75, 3.05) is 7.11 Å². The van der Waals surface area contributed by atoms with Gasteiger partial charge in [0.15, 0.2) is 0 Å². The van der Waals surface area contributed by atoms with Crippen LogP contribution < -0.4 is 0 Å². The van der Waals surface area contributed by atoms with E-state index in [0.29, 0.717) is 6.61 Å². The monoisotopic (exact) mass is 540 g/mol. The summed E-state index contributed by atoms with van der Waals surface area (Å²) in [5.41, 5.74) is 0.564. The molecule has 0 fully saturated rings. The molecule has 0 spiro atoms. The molecule has 0 amide bonds. The van der Waals surface area contributed by atoms with Gasteiger partial charge in [0.25, 0.3) is 0 Å². The van der Waals surface area contributed by atoms with E-state index in [1.165, 1.54) is 0 Å². The molecule has 0 atom stereocenters. The Hall–Kier alpha value is -0.377. The Labute approximate surface area is 193 Å². The van der Waals surface area contributed by atoms with Gasteiger partial charge in [0, 0.05) is 7.11 Å². The molecule has 0 aliphatic heterocycles. The average molecular weight is 542 g/mol. The first-order chi connectivity index (χ1) is 13.4. The molecule has 0 bridgehead atoms. The van der Waals surface area contributed by atoms with Gasteiger partial charge in [-0.05, 0) is 73.4 Å². The van der Waals surface area contributed by atoms with Gasteiger partial charge in [-0.15, -0.1) is 0 Å². The maximum atomic E-state index is 9.90. The SMILES string of the molecule is CC(C)(C)O.CC(C)(C)O.CC(C)(C)O.COCc1ccc(CO)cc1.[F][Zr]([F])([F])[F]. The van der Waals surface area contributed by atoms with Crippen LogP contribution in [-0.4, -0.2) is 44.3 Å². The molecule has 0 aromatic heterocycles. The number of halogens is 4. The van der Waals surface area contributed by atoms with Gasteiger partial charge >= 0.3 is 33.2 Å². The molecule has 1 rings (SSSR count). The van der Waals surface area contributed by atoms with Crippen LogP contribution in [0.3, 0.4) is 0 Å². The van der Waals surface area contributed by atoms with Gasteiger partial charge in [0.2, 0.25) is 0 Å². The first kappa shape index (κ1) is 37.9. The van der Waals surface area contributed by atoms with Gasteiger partial charge in [-0.25, -0.2) is 0 Å². The van der Waals surface area contributed by atoms with Gasteiger partial charge in [-0.3, -0.25) is 0 Å². The fraction of sp³-hybridized carbons (Fsp3) is 0.714. The van der Waals surface area contributed by atoms with Crippen molar-refractivity contribution in [2.24, 2.45) is 0 Å². The molecule has 0 saturated heterocycles. The summed E-state index contributed by atoms with van der Waals surface area (Å²) < 4.78 is 44.5. The van der Waals surface area contributed by atoms with Crippen LogP contribution in [0, 0.1) is 0 Å². The minimum absolute atomic E-state index is 0.104. The first-order valence-corrected chi connectivity index (χ1v) is 13.2. The molecule has 0 saturated carbocycles. The van der Waals surface area contributed by atoms with Crippen LogP contribution in [-0.2, 0) is 40.7 Å². The summed E-state index contributed by atoms with van der Waals surface area (Å²) in [5.74, 6) is 0. The quantitative estimate of drug-likeness (QED) is 0.388. The van der Waals surface area contributed by atoms with Gasteiger partial charge < -0.3 is 25.2 Å². The summed E-state index contributed by atoms with van der Waals surface area (Å²) in [6.07, 6.45) is 0. The van der Waals surface area contributed by atoms with Gasteiger partial charge in [-0.2, -0.15) is 0 Å². The molecule has 188 valence electrons. The summed E-state index contributed by atoms with van der Waals surface area (Å²) in [6, 6.07) is 7.70. The van der Waals surface area contributed by atoms with E-state index in [2.05, 4.69) is 0 Å². The molecule has 0 unspecified atom stereocenters. The van der Waals surface area contributed by atoms with E-state index in [9.17, 15) is 10.5 Å². The zero-order valence-corrected chi connectivity index (χ0v) is 22.9. The molecule has 0 aliphatic carbocycles. The normalized spacial score (nSPS) is 11.3. The Kier molecular flexibility index (Phi) is 22.1. The molecule has 0 heterocycles. The Balaban J connectivity index is -0.000000157. The number of methoxy groups -OCH3 is 1. The zero-order valence-electron chi connectivity index (χ0n) is 20.4. The molecule has 5 nitrogen and oxygen atoms in total. The summed E-state index contributed by atoms with van der Waals surface area (Å²) in [6.45, 7) is 16.4. The second-order valence-corrected chi connectivity index (χ2v) is 11.5. The number of aliphatic hydroxyl groups is 4. The minimum atomic E-state index is -7.18. The van der Waals surface area contributed by atoms with Gasteiger partial charge in [0.05, 0.1) is 30.0 Å². The van der Waals surface area contributed by atoms with Crippen LogP contribution in [0.1, 0.15) is 73.4 Å². The Morgan fingerprint density at radius 2 is 0.871 bits per heavy atom. The van der Waals surface area contributed by atoms with Crippen molar-refractivity contribution in [3.05, 3.63) is 35.4 Å². The summed E-state index contributed by atoms with van der Waals surface area (Å²) in [7, 11) is 1.67. The van der Waals surface area contributed by atoms with E-state index in [4.69, 9.17) is 25.2 Å². The topological polar surface area (TPSA) is 90.2 Å². The van der Waals surface area contributed by atoms with E-state index >= 15 is 0 Å². The van der Waals surface area contributed by atoms with Crippen LogP contribution in [0.2, 0.25) is 0 Å². The average Bonchev–Trinajstić information content (AvgIpc) is 2.41. The first-order valence-electron chi connectivity index (χ1n) is 9.47. The summed E-state index contributed by atoms with van der Waals surface area (Å²) in [5, 5.41) is 34.3. The van der Waals surface area contributed by atoms with Crippen LogP contribution >= 0.6 is 0 Å². The van der Waals surface area contributed by atoms with Crippen molar-refractivity contribution in [3.63, 3.8) is 0 Å². The third kappa shape index (κ3) is 106. The van der Waals surface area contributed by atoms with Crippen LogP contribution in [0.5, 0.6) is 0 Å². The van der Waals surface area contributed by atoms with Crippen molar-refractivity contribution < 1.29 is 58.4 Å². The molecule has 0 aliphatic rings. The van der Waals surface area contributed by atoms with Gasteiger partial charge in [0.1, 0.15) is 0 Å².